The van der Waals surface area contributed by atoms with Crippen LogP contribution in [0, 0.1) is 5.92 Å². The highest BCUT2D eigenvalue weighted by Crippen LogP contribution is 2.26. The summed E-state index contributed by atoms with van der Waals surface area (Å²) in [5.41, 5.74) is 2.49. The van der Waals surface area contributed by atoms with Gasteiger partial charge in [0, 0.05) is 24.3 Å². The minimum atomic E-state index is -4.14. The van der Waals surface area contributed by atoms with Crippen LogP contribution >= 0.6 is 11.6 Å². The highest BCUT2D eigenvalue weighted by Gasteiger charge is 2.26. The third kappa shape index (κ3) is 7.95. The van der Waals surface area contributed by atoms with E-state index >= 15 is 0 Å². The summed E-state index contributed by atoms with van der Waals surface area (Å²) in [4.78, 5) is 24.7. The number of halogens is 1. The molecule has 1 amide bonds. The molecule has 10 heteroatoms. The van der Waals surface area contributed by atoms with Crippen molar-refractivity contribution in [1.29, 1.82) is 0 Å². The topological polar surface area (TPSA) is 101 Å². The molecule has 0 aliphatic carbocycles. The Bertz CT molecular complexity index is 1680. The van der Waals surface area contributed by atoms with Crippen LogP contribution in [0.3, 0.4) is 0 Å². The standard InChI is InChI=1S/C34H37ClN4O4S/c1-34(2,3)26-9-15-29(16-10-26)44(41,42)38-32(40)30-22-36-33(37-31(30)23-43-28-13-11-27(35)12-14-28)39-19-17-25(18-20-39)21-24-7-5-4-6-8-24/h4-16,22,25H,17-21,23H2,1-3H3,(H,38,40). The molecule has 0 atom stereocenters. The summed E-state index contributed by atoms with van der Waals surface area (Å²) < 4.78 is 34.4. The number of ether oxygens (including phenoxy) is 1. The van der Waals surface area contributed by atoms with Crippen LogP contribution in [0.2, 0.25) is 5.02 Å². The first-order valence-electron chi connectivity index (χ1n) is 14.7. The van der Waals surface area contributed by atoms with Crippen molar-refractivity contribution in [2.45, 2.75) is 57.0 Å². The number of carbonyl (C=O) groups is 1. The van der Waals surface area contributed by atoms with Crippen molar-refractivity contribution in [1.82, 2.24) is 14.7 Å². The molecule has 0 bridgehead atoms. The van der Waals surface area contributed by atoms with Crippen LogP contribution in [-0.2, 0) is 28.5 Å². The second kappa shape index (κ2) is 13.4. The maximum absolute atomic E-state index is 13.4. The fraction of sp³-hybridized carbons (Fsp3) is 0.324. The van der Waals surface area contributed by atoms with Crippen molar-refractivity contribution in [3.63, 3.8) is 0 Å². The molecular formula is C34H37ClN4O4S. The Morgan fingerprint density at radius 3 is 2.27 bits per heavy atom. The van der Waals surface area contributed by atoms with Crippen LogP contribution < -0.4 is 14.4 Å². The number of benzene rings is 3. The molecule has 1 saturated heterocycles. The minimum Gasteiger partial charge on any atom is -0.487 e. The van der Waals surface area contributed by atoms with E-state index in [2.05, 4.69) is 38.9 Å². The molecule has 3 aromatic carbocycles. The van der Waals surface area contributed by atoms with Gasteiger partial charge >= 0.3 is 0 Å². The lowest BCUT2D eigenvalue weighted by Gasteiger charge is -2.32. The zero-order chi connectivity index (χ0) is 31.3. The van der Waals surface area contributed by atoms with E-state index in [0.29, 0.717) is 22.6 Å². The highest BCUT2D eigenvalue weighted by molar-refractivity contribution is 7.90. The number of hydrogen-bond donors (Lipinski definition) is 1. The van der Waals surface area contributed by atoms with Gasteiger partial charge in [-0.3, -0.25) is 4.79 Å². The summed E-state index contributed by atoms with van der Waals surface area (Å²) >= 11 is 6.01. The van der Waals surface area contributed by atoms with Gasteiger partial charge in [-0.25, -0.2) is 23.1 Å². The number of aromatic nitrogens is 2. The summed E-state index contributed by atoms with van der Waals surface area (Å²) in [6.07, 6.45) is 4.39. The molecule has 1 N–H and O–H groups in total. The number of nitrogens with zero attached hydrogens (tertiary/aromatic N) is 3. The minimum absolute atomic E-state index is 0.00581. The Kier molecular flexibility index (Phi) is 9.56. The Hall–Kier alpha value is -3.95. The predicted octanol–water partition coefficient (Wildman–Crippen LogP) is 6.58. The molecule has 0 saturated carbocycles. The van der Waals surface area contributed by atoms with Crippen LogP contribution in [0.15, 0.2) is 90.0 Å². The van der Waals surface area contributed by atoms with Crippen molar-refractivity contribution < 1.29 is 17.9 Å². The SMILES string of the molecule is CC(C)(C)c1ccc(S(=O)(=O)NC(=O)c2cnc(N3CCC(Cc4ccccc4)CC3)nc2COc2ccc(Cl)cc2)cc1. The first-order valence-corrected chi connectivity index (χ1v) is 16.5. The fourth-order valence-electron chi connectivity index (χ4n) is 5.20. The Labute approximate surface area is 264 Å². The first kappa shape index (κ1) is 31.5. The summed E-state index contributed by atoms with van der Waals surface area (Å²) in [6, 6.07) is 23.8. The van der Waals surface area contributed by atoms with Crippen LogP contribution in [0.1, 0.15) is 60.8 Å². The lowest BCUT2D eigenvalue weighted by Crippen LogP contribution is -2.36. The summed E-state index contributed by atoms with van der Waals surface area (Å²) in [7, 11) is -4.14. The van der Waals surface area contributed by atoms with Crippen LogP contribution in [0.25, 0.3) is 0 Å². The lowest BCUT2D eigenvalue weighted by atomic mass is 9.87. The molecule has 8 nitrogen and oxygen atoms in total. The summed E-state index contributed by atoms with van der Waals surface area (Å²) in [5, 5.41) is 0.568. The number of nitrogens with one attached hydrogen (secondary N) is 1. The Morgan fingerprint density at radius 1 is 0.977 bits per heavy atom. The van der Waals surface area contributed by atoms with Gasteiger partial charge in [-0.15, -0.1) is 0 Å². The van der Waals surface area contributed by atoms with Gasteiger partial charge in [0.25, 0.3) is 15.9 Å². The van der Waals surface area contributed by atoms with Gasteiger partial charge in [0.05, 0.1) is 16.2 Å². The van der Waals surface area contributed by atoms with Gasteiger partial charge in [-0.2, -0.15) is 0 Å². The smallest absolute Gasteiger partial charge is 0.268 e. The number of hydrogen-bond acceptors (Lipinski definition) is 7. The van der Waals surface area contributed by atoms with Crippen LogP contribution in [0.4, 0.5) is 5.95 Å². The average molecular weight is 633 g/mol. The molecule has 0 unspecified atom stereocenters. The number of carbonyl (C=O) groups excluding carboxylic acids is 1. The zero-order valence-corrected chi connectivity index (χ0v) is 26.7. The van der Waals surface area contributed by atoms with E-state index in [1.165, 1.54) is 23.9 Å². The van der Waals surface area contributed by atoms with Gasteiger partial charge in [0.15, 0.2) is 0 Å². The number of anilines is 1. The fourth-order valence-corrected chi connectivity index (χ4v) is 6.29. The first-order chi connectivity index (χ1) is 21.0. The zero-order valence-electron chi connectivity index (χ0n) is 25.2. The summed E-state index contributed by atoms with van der Waals surface area (Å²) in [6.45, 7) is 7.62. The van der Waals surface area contributed by atoms with E-state index in [1.54, 1.807) is 36.4 Å². The van der Waals surface area contributed by atoms with Gasteiger partial charge < -0.3 is 9.64 Å². The molecule has 4 aromatic rings. The molecule has 1 aliphatic heterocycles. The Morgan fingerprint density at radius 2 is 1.64 bits per heavy atom. The second-order valence-electron chi connectivity index (χ2n) is 12.1. The van der Waals surface area contributed by atoms with E-state index in [4.69, 9.17) is 21.3 Å². The quantitative estimate of drug-likeness (QED) is 0.222. The van der Waals surface area contributed by atoms with Crippen LogP contribution in [0.5, 0.6) is 5.75 Å². The van der Waals surface area contributed by atoms with E-state index < -0.39 is 15.9 Å². The van der Waals surface area contributed by atoms with E-state index in [-0.39, 0.29) is 28.2 Å². The summed E-state index contributed by atoms with van der Waals surface area (Å²) in [5.74, 6) is 0.756. The largest absolute Gasteiger partial charge is 0.487 e. The van der Waals surface area contributed by atoms with E-state index in [0.717, 1.165) is 37.9 Å². The number of amides is 1. The molecule has 1 aliphatic rings. The third-order valence-electron chi connectivity index (χ3n) is 7.81. The Balaban J connectivity index is 1.34. The molecule has 1 fully saturated rings. The van der Waals surface area contributed by atoms with Gasteiger partial charge in [0.1, 0.15) is 12.4 Å². The average Bonchev–Trinajstić information content (AvgIpc) is 3.01. The van der Waals surface area contributed by atoms with Crippen molar-refractivity contribution in [2.24, 2.45) is 5.92 Å². The molecular weight excluding hydrogens is 596 g/mol. The van der Waals surface area contributed by atoms with E-state index in [1.807, 2.05) is 26.8 Å². The highest BCUT2D eigenvalue weighted by atomic mass is 35.5. The number of rotatable bonds is 9. The van der Waals surface area contributed by atoms with Gasteiger partial charge in [-0.05, 0) is 78.1 Å². The number of sulfonamides is 1. The van der Waals surface area contributed by atoms with Crippen LogP contribution in [-0.4, -0.2) is 37.4 Å². The second-order valence-corrected chi connectivity index (χ2v) is 14.2. The predicted molar refractivity (Wildman–Crippen MR) is 173 cm³/mol. The van der Waals surface area contributed by atoms with Gasteiger partial charge in [-0.1, -0.05) is 74.8 Å². The molecule has 0 spiro atoms. The van der Waals surface area contributed by atoms with E-state index in [9.17, 15) is 13.2 Å². The monoisotopic (exact) mass is 632 g/mol. The van der Waals surface area contributed by atoms with Crippen molar-refractivity contribution in [2.75, 3.05) is 18.0 Å². The molecule has 5 rings (SSSR count). The van der Waals surface area contributed by atoms with Gasteiger partial charge in [0.2, 0.25) is 5.95 Å². The maximum atomic E-state index is 13.4. The molecule has 0 radical (unpaired) electrons. The molecule has 44 heavy (non-hydrogen) atoms. The molecule has 1 aromatic heterocycles. The van der Waals surface area contributed by atoms with Crippen molar-refractivity contribution >= 4 is 33.5 Å². The molecule has 230 valence electrons. The lowest BCUT2D eigenvalue weighted by molar-refractivity contribution is 0.0978. The third-order valence-corrected chi connectivity index (χ3v) is 9.41. The maximum Gasteiger partial charge on any atom is 0.268 e. The number of piperidine rings is 1. The molecule has 2 heterocycles. The van der Waals surface area contributed by atoms with Crippen molar-refractivity contribution in [3.8, 4) is 5.75 Å². The van der Waals surface area contributed by atoms with Crippen molar-refractivity contribution in [3.05, 3.63) is 112 Å². The normalized spacial score (nSPS) is 14.3.